The highest BCUT2D eigenvalue weighted by Gasteiger charge is 2.13. The van der Waals surface area contributed by atoms with Crippen molar-refractivity contribution in [3.05, 3.63) is 35.4 Å². The Morgan fingerprint density at radius 2 is 2.00 bits per heavy atom. The predicted molar refractivity (Wildman–Crippen MR) is 66.2 cm³/mol. The molecule has 0 bridgehead atoms. The highest BCUT2D eigenvalue weighted by atomic mass is 16.4. The normalized spacial score (nSPS) is 11.9. The molecule has 3 N–H and O–H groups in total. The van der Waals surface area contributed by atoms with Gasteiger partial charge in [-0.2, -0.15) is 0 Å². The molecule has 5 nitrogen and oxygen atoms in total. The smallest absolute Gasteiger partial charge is 0.332 e. The second-order valence-corrected chi connectivity index (χ2v) is 4.10. The van der Waals surface area contributed by atoms with Crippen LogP contribution in [0.15, 0.2) is 24.3 Å². The molecule has 1 aromatic rings. The number of hydrogen-bond donors (Lipinski definition) is 3. The largest absolute Gasteiger partial charge is 0.479 e. The van der Waals surface area contributed by atoms with E-state index in [2.05, 4.69) is 5.32 Å². The highest BCUT2D eigenvalue weighted by molar-refractivity contribution is 5.79. The van der Waals surface area contributed by atoms with Crippen LogP contribution >= 0.6 is 0 Å². The van der Waals surface area contributed by atoms with Crippen molar-refractivity contribution >= 4 is 11.9 Å². The number of benzene rings is 1. The van der Waals surface area contributed by atoms with Gasteiger partial charge in [0.2, 0.25) is 5.91 Å². The number of aliphatic hydroxyl groups excluding tert-OH is 1. The van der Waals surface area contributed by atoms with Crippen LogP contribution in [0.4, 0.5) is 0 Å². The predicted octanol–water partition coefficient (Wildman–Crippen LogP) is 0.489. The molecular weight excluding hydrogens is 234 g/mol. The summed E-state index contributed by atoms with van der Waals surface area (Å²) in [5.74, 6) is -1.45. The maximum absolute atomic E-state index is 11.6. The fourth-order valence-corrected chi connectivity index (χ4v) is 1.52. The SMILES string of the molecule is Cc1ccccc1CC(=O)NCCC(O)C(=O)O. The molecule has 1 atom stereocenters. The molecule has 0 aliphatic carbocycles. The molecule has 5 heteroatoms. The van der Waals surface area contributed by atoms with Crippen LogP contribution in [-0.4, -0.2) is 34.7 Å². The van der Waals surface area contributed by atoms with Crippen molar-refractivity contribution in [1.82, 2.24) is 5.32 Å². The first-order chi connectivity index (χ1) is 8.50. The quantitative estimate of drug-likeness (QED) is 0.686. The van der Waals surface area contributed by atoms with Gasteiger partial charge in [-0.25, -0.2) is 4.79 Å². The van der Waals surface area contributed by atoms with Gasteiger partial charge in [0.05, 0.1) is 6.42 Å². The Labute approximate surface area is 105 Å². The van der Waals surface area contributed by atoms with E-state index in [4.69, 9.17) is 10.2 Å². The molecule has 98 valence electrons. The summed E-state index contributed by atoms with van der Waals surface area (Å²) in [6, 6.07) is 7.57. The van der Waals surface area contributed by atoms with Gasteiger partial charge in [0.1, 0.15) is 0 Å². The second-order valence-electron chi connectivity index (χ2n) is 4.10. The number of nitrogens with one attached hydrogen (secondary N) is 1. The van der Waals surface area contributed by atoms with Crippen molar-refractivity contribution in [3.63, 3.8) is 0 Å². The van der Waals surface area contributed by atoms with Crippen LogP contribution in [0.25, 0.3) is 0 Å². The second kappa shape index (κ2) is 6.76. The summed E-state index contributed by atoms with van der Waals surface area (Å²) in [6.45, 7) is 2.08. The molecule has 0 fully saturated rings. The van der Waals surface area contributed by atoms with Gasteiger partial charge >= 0.3 is 5.97 Å². The van der Waals surface area contributed by atoms with Gasteiger partial charge in [0.25, 0.3) is 0 Å². The maximum atomic E-state index is 11.6. The van der Waals surface area contributed by atoms with Crippen molar-refractivity contribution in [2.45, 2.75) is 25.9 Å². The molecule has 0 aromatic heterocycles. The van der Waals surface area contributed by atoms with E-state index in [0.717, 1.165) is 11.1 Å². The minimum Gasteiger partial charge on any atom is -0.479 e. The third-order valence-corrected chi connectivity index (χ3v) is 2.64. The zero-order valence-electron chi connectivity index (χ0n) is 10.2. The van der Waals surface area contributed by atoms with Crippen LogP contribution in [0, 0.1) is 6.92 Å². The average molecular weight is 251 g/mol. The Morgan fingerprint density at radius 3 is 2.61 bits per heavy atom. The minimum absolute atomic E-state index is 0.00877. The molecule has 0 aliphatic rings. The average Bonchev–Trinajstić information content (AvgIpc) is 2.32. The van der Waals surface area contributed by atoms with Crippen molar-refractivity contribution in [3.8, 4) is 0 Å². The van der Waals surface area contributed by atoms with Gasteiger partial charge in [-0.3, -0.25) is 4.79 Å². The molecule has 0 spiro atoms. The Hall–Kier alpha value is -1.88. The number of carboxylic acid groups (broad SMARTS) is 1. The van der Waals surface area contributed by atoms with Crippen LogP contribution in [-0.2, 0) is 16.0 Å². The highest BCUT2D eigenvalue weighted by Crippen LogP contribution is 2.07. The third-order valence-electron chi connectivity index (χ3n) is 2.64. The summed E-state index contributed by atoms with van der Waals surface area (Å²) < 4.78 is 0. The lowest BCUT2D eigenvalue weighted by atomic mass is 10.1. The van der Waals surface area contributed by atoms with Crippen LogP contribution in [0.2, 0.25) is 0 Å². The van der Waals surface area contributed by atoms with Crippen LogP contribution in [0.5, 0.6) is 0 Å². The van der Waals surface area contributed by atoms with Gasteiger partial charge in [-0.15, -0.1) is 0 Å². The molecule has 18 heavy (non-hydrogen) atoms. The minimum atomic E-state index is -1.43. The summed E-state index contributed by atoms with van der Waals surface area (Å²) in [6.07, 6.45) is -1.16. The first kappa shape index (κ1) is 14.2. The maximum Gasteiger partial charge on any atom is 0.332 e. The Morgan fingerprint density at radius 1 is 1.33 bits per heavy atom. The van der Waals surface area contributed by atoms with E-state index in [1.807, 2.05) is 31.2 Å². The van der Waals surface area contributed by atoms with E-state index in [0.29, 0.717) is 0 Å². The summed E-state index contributed by atoms with van der Waals surface area (Å²) in [5.41, 5.74) is 1.98. The molecule has 0 saturated heterocycles. The fourth-order valence-electron chi connectivity index (χ4n) is 1.52. The number of aliphatic hydroxyl groups is 1. The summed E-state index contributed by atoms with van der Waals surface area (Å²) >= 11 is 0. The van der Waals surface area contributed by atoms with Crippen molar-refractivity contribution in [1.29, 1.82) is 0 Å². The summed E-state index contributed by atoms with van der Waals surface area (Å²) in [5, 5.41) is 20.1. The van der Waals surface area contributed by atoms with Gasteiger partial charge in [0.15, 0.2) is 6.10 Å². The van der Waals surface area contributed by atoms with Gasteiger partial charge in [-0.1, -0.05) is 24.3 Å². The summed E-state index contributed by atoms with van der Waals surface area (Å²) in [7, 11) is 0. The van der Waals surface area contributed by atoms with Gasteiger partial charge in [0, 0.05) is 13.0 Å². The molecule has 0 radical (unpaired) electrons. The number of hydrogen-bond acceptors (Lipinski definition) is 3. The lowest BCUT2D eigenvalue weighted by Gasteiger charge is -2.08. The van der Waals surface area contributed by atoms with E-state index in [1.165, 1.54) is 0 Å². The van der Waals surface area contributed by atoms with Crippen LogP contribution < -0.4 is 5.32 Å². The third kappa shape index (κ3) is 4.55. The molecular formula is C13H17NO4. The van der Waals surface area contributed by atoms with E-state index >= 15 is 0 Å². The molecule has 0 aliphatic heterocycles. The van der Waals surface area contributed by atoms with E-state index in [1.54, 1.807) is 0 Å². The lowest BCUT2D eigenvalue weighted by molar-refractivity contribution is -0.147. The molecule has 0 heterocycles. The number of aliphatic carboxylic acids is 1. The number of amides is 1. The fraction of sp³-hybridized carbons (Fsp3) is 0.385. The van der Waals surface area contributed by atoms with Crippen LogP contribution in [0.3, 0.4) is 0 Å². The number of carbonyl (C=O) groups excluding carboxylic acids is 1. The van der Waals surface area contributed by atoms with E-state index < -0.39 is 12.1 Å². The number of carboxylic acids is 1. The zero-order valence-corrected chi connectivity index (χ0v) is 10.2. The molecule has 1 aromatic carbocycles. The standard InChI is InChI=1S/C13H17NO4/c1-9-4-2-3-5-10(9)8-12(16)14-7-6-11(15)13(17)18/h2-5,11,15H,6-8H2,1H3,(H,14,16)(H,17,18). The van der Waals surface area contributed by atoms with Crippen molar-refractivity contribution in [2.24, 2.45) is 0 Å². The Kier molecular flexibility index (Phi) is 5.32. The first-order valence-corrected chi connectivity index (χ1v) is 5.72. The molecule has 1 amide bonds. The van der Waals surface area contributed by atoms with Crippen LogP contribution in [0.1, 0.15) is 17.5 Å². The van der Waals surface area contributed by atoms with E-state index in [9.17, 15) is 9.59 Å². The first-order valence-electron chi connectivity index (χ1n) is 5.72. The Balaban J connectivity index is 2.35. The Bertz CT molecular complexity index is 431. The monoisotopic (exact) mass is 251 g/mol. The molecule has 1 rings (SSSR count). The lowest BCUT2D eigenvalue weighted by Crippen LogP contribution is -2.31. The van der Waals surface area contributed by atoms with Gasteiger partial charge < -0.3 is 15.5 Å². The van der Waals surface area contributed by atoms with Gasteiger partial charge in [-0.05, 0) is 18.1 Å². The number of aryl methyl sites for hydroxylation is 1. The van der Waals surface area contributed by atoms with E-state index in [-0.39, 0.29) is 25.3 Å². The summed E-state index contributed by atoms with van der Waals surface area (Å²) in [4.78, 5) is 21.9. The van der Waals surface area contributed by atoms with Crippen molar-refractivity contribution in [2.75, 3.05) is 6.54 Å². The topological polar surface area (TPSA) is 86.6 Å². The number of carbonyl (C=O) groups is 2. The molecule has 1 unspecified atom stereocenters. The number of rotatable bonds is 6. The van der Waals surface area contributed by atoms with Crippen molar-refractivity contribution < 1.29 is 19.8 Å². The molecule has 0 saturated carbocycles. The zero-order chi connectivity index (χ0) is 13.5.